The van der Waals surface area contributed by atoms with Crippen LogP contribution in [0.3, 0.4) is 0 Å². The summed E-state index contributed by atoms with van der Waals surface area (Å²) in [4.78, 5) is 27.7. The van der Waals surface area contributed by atoms with Crippen LogP contribution in [0.25, 0.3) is 0 Å². The third kappa shape index (κ3) is 3.53. The summed E-state index contributed by atoms with van der Waals surface area (Å²) in [6.45, 7) is 6.83. The van der Waals surface area contributed by atoms with E-state index in [1.54, 1.807) is 52.0 Å². The number of carbonyl (C=O) groups excluding carboxylic acids is 2. The molecule has 0 aliphatic carbocycles. The van der Waals surface area contributed by atoms with Gasteiger partial charge in [0.15, 0.2) is 5.71 Å². The summed E-state index contributed by atoms with van der Waals surface area (Å²) in [6.07, 6.45) is -0.796. The van der Waals surface area contributed by atoms with Gasteiger partial charge in [-0.2, -0.15) is 15.1 Å². The number of para-hydroxylation sites is 1. The van der Waals surface area contributed by atoms with Crippen molar-refractivity contribution in [2.75, 3.05) is 5.01 Å². The first-order valence-corrected chi connectivity index (χ1v) is 6.55. The van der Waals surface area contributed by atoms with Gasteiger partial charge in [0.1, 0.15) is 5.60 Å². The molecule has 1 aromatic carbocycles. The molecular weight excluding hydrogens is 270 g/mol. The molecule has 1 aromatic rings. The molecule has 0 saturated heterocycles. The standard InChI is InChI=1S/C15H17N3O3/c1-10-12(16-14(20)21-15(2,3)4)13(19)18(17-10)11-8-6-5-7-9-11/h5-9H,1-4H3/b16-12-. The van der Waals surface area contributed by atoms with Gasteiger partial charge in [-0.3, -0.25) is 4.79 Å². The van der Waals surface area contributed by atoms with E-state index in [9.17, 15) is 9.59 Å². The Labute approximate surface area is 123 Å². The van der Waals surface area contributed by atoms with Crippen LogP contribution in [-0.4, -0.2) is 29.0 Å². The molecular formula is C15H17N3O3. The molecule has 0 aromatic heterocycles. The number of hydrogen-bond acceptors (Lipinski definition) is 4. The summed E-state index contributed by atoms with van der Waals surface area (Å²) in [5, 5.41) is 5.35. The molecule has 21 heavy (non-hydrogen) atoms. The molecule has 1 aliphatic rings. The van der Waals surface area contributed by atoms with Crippen molar-refractivity contribution in [2.45, 2.75) is 33.3 Å². The zero-order chi connectivity index (χ0) is 15.6. The number of hydrogen-bond donors (Lipinski definition) is 0. The number of rotatable bonds is 1. The Bertz CT molecular complexity index is 627. The lowest BCUT2D eigenvalue weighted by molar-refractivity contribution is -0.112. The van der Waals surface area contributed by atoms with Crippen LogP contribution >= 0.6 is 0 Å². The fourth-order valence-electron chi connectivity index (χ4n) is 1.75. The molecule has 1 aliphatic heterocycles. The van der Waals surface area contributed by atoms with Crippen molar-refractivity contribution in [3.63, 3.8) is 0 Å². The molecule has 0 atom stereocenters. The molecule has 2 rings (SSSR count). The molecule has 0 radical (unpaired) electrons. The lowest BCUT2D eigenvalue weighted by Gasteiger charge is -2.17. The normalized spacial score (nSPS) is 17.1. The highest BCUT2D eigenvalue weighted by molar-refractivity contribution is 6.71. The Hall–Kier alpha value is -2.50. The van der Waals surface area contributed by atoms with E-state index in [0.717, 1.165) is 0 Å². The van der Waals surface area contributed by atoms with Gasteiger partial charge in [-0.05, 0) is 39.8 Å². The molecule has 0 fully saturated rings. The fraction of sp³-hybridized carbons (Fsp3) is 0.333. The maximum Gasteiger partial charge on any atom is 0.434 e. The number of anilines is 1. The average molecular weight is 287 g/mol. The first kappa shape index (κ1) is 14.9. The quantitative estimate of drug-likeness (QED) is 0.797. The maximum atomic E-state index is 12.3. The summed E-state index contributed by atoms with van der Waals surface area (Å²) in [5.74, 6) is -0.440. The molecule has 110 valence electrons. The lowest BCUT2D eigenvalue weighted by Crippen LogP contribution is -2.29. The highest BCUT2D eigenvalue weighted by Gasteiger charge is 2.31. The van der Waals surface area contributed by atoms with Gasteiger partial charge in [0.25, 0.3) is 5.91 Å². The van der Waals surface area contributed by atoms with E-state index in [1.165, 1.54) is 5.01 Å². The van der Waals surface area contributed by atoms with E-state index in [1.807, 2.05) is 6.07 Å². The van der Waals surface area contributed by atoms with E-state index < -0.39 is 17.6 Å². The highest BCUT2D eigenvalue weighted by atomic mass is 16.6. The minimum absolute atomic E-state index is 0.00750. The van der Waals surface area contributed by atoms with Crippen LogP contribution in [0.15, 0.2) is 40.4 Å². The predicted molar refractivity (Wildman–Crippen MR) is 80.7 cm³/mol. The van der Waals surface area contributed by atoms with Gasteiger partial charge in [0, 0.05) is 0 Å². The zero-order valence-electron chi connectivity index (χ0n) is 12.5. The Morgan fingerprint density at radius 2 is 1.86 bits per heavy atom. The first-order chi connectivity index (χ1) is 9.78. The van der Waals surface area contributed by atoms with E-state index in [2.05, 4.69) is 10.1 Å². The second-order valence-corrected chi connectivity index (χ2v) is 5.58. The molecule has 0 saturated carbocycles. The number of carbonyl (C=O) groups is 2. The Kier molecular flexibility index (Phi) is 3.88. The van der Waals surface area contributed by atoms with E-state index in [-0.39, 0.29) is 5.71 Å². The van der Waals surface area contributed by atoms with Gasteiger partial charge in [-0.1, -0.05) is 18.2 Å². The third-order valence-corrected chi connectivity index (χ3v) is 2.59. The summed E-state index contributed by atoms with van der Waals surface area (Å²) >= 11 is 0. The SMILES string of the molecule is CC1=NN(c2ccccc2)C(=O)/C1=N\C(=O)OC(C)(C)C. The second kappa shape index (κ2) is 5.47. The van der Waals surface area contributed by atoms with Crippen molar-refractivity contribution in [1.82, 2.24) is 0 Å². The van der Waals surface area contributed by atoms with Crippen molar-refractivity contribution in [3.8, 4) is 0 Å². The van der Waals surface area contributed by atoms with Gasteiger partial charge >= 0.3 is 6.09 Å². The predicted octanol–water partition coefficient (Wildman–Crippen LogP) is 2.79. The molecule has 0 spiro atoms. The number of hydrazone groups is 1. The van der Waals surface area contributed by atoms with Crippen molar-refractivity contribution >= 4 is 29.1 Å². The molecule has 0 bridgehead atoms. The average Bonchev–Trinajstić information content (AvgIpc) is 2.66. The maximum absolute atomic E-state index is 12.3. The van der Waals surface area contributed by atoms with Crippen molar-refractivity contribution in [1.29, 1.82) is 0 Å². The number of nitrogens with zero attached hydrogens (tertiary/aromatic N) is 3. The molecule has 2 amide bonds. The van der Waals surface area contributed by atoms with Crippen LogP contribution in [0.2, 0.25) is 0 Å². The Morgan fingerprint density at radius 1 is 1.24 bits per heavy atom. The van der Waals surface area contributed by atoms with Gasteiger partial charge in [0.2, 0.25) is 0 Å². The minimum atomic E-state index is -0.796. The van der Waals surface area contributed by atoms with Gasteiger partial charge in [-0.25, -0.2) is 4.79 Å². The monoisotopic (exact) mass is 287 g/mol. The largest absolute Gasteiger partial charge is 0.442 e. The Morgan fingerprint density at radius 3 is 2.43 bits per heavy atom. The van der Waals surface area contributed by atoms with Crippen LogP contribution < -0.4 is 5.01 Å². The molecule has 0 unspecified atom stereocenters. The third-order valence-electron chi connectivity index (χ3n) is 2.59. The summed E-state index contributed by atoms with van der Waals surface area (Å²) in [7, 11) is 0. The molecule has 6 nitrogen and oxygen atoms in total. The number of amides is 2. The summed E-state index contributed by atoms with van der Waals surface area (Å²) in [5.41, 5.74) is 0.353. The fourth-order valence-corrected chi connectivity index (χ4v) is 1.75. The van der Waals surface area contributed by atoms with Gasteiger partial charge < -0.3 is 4.74 Å². The second-order valence-electron chi connectivity index (χ2n) is 5.58. The molecule has 6 heteroatoms. The molecule has 1 heterocycles. The van der Waals surface area contributed by atoms with E-state index >= 15 is 0 Å². The van der Waals surface area contributed by atoms with Crippen LogP contribution in [0.5, 0.6) is 0 Å². The van der Waals surface area contributed by atoms with Crippen LogP contribution in [-0.2, 0) is 9.53 Å². The topological polar surface area (TPSA) is 71.3 Å². The van der Waals surface area contributed by atoms with E-state index in [0.29, 0.717) is 11.4 Å². The van der Waals surface area contributed by atoms with Crippen LogP contribution in [0.4, 0.5) is 10.5 Å². The highest BCUT2D eigenvalue weighted by Crippen LogP contribution is 2.19. The Balaban J connectivity index is 2.23. The minimum Gasteiger partial charge on any atom is -0.442 e. The van der Waals surface area contributed by atoms with Crippen LogP contribution in [0.1, 0.15) is 27.7 Å². The van der Waals surface area contributed by atoms with Crippen molar-refractivity contribution in [3.05, 3.63) is 30.3 Å². The first-order valence-electron chi connectivity index (χ1n) is 6.55. The molecule has 0 N–H and O–H groups in total. The summed E-state index contributed by atoms with van der Waals surface area (Å²) in [6, 6.07) is 8.96. The van der Waals surface area contributed by atoms with Gasteiger partial charge in [-0.15, -0.1) is 0 Å². The van der Waals surface area contributed by atoms with E-state index in [4.69, 9.17) is 4.74 Å². The zero-order valence-corrected chi connectivity index (χ0v) is 12.5. The smallest absolute Gasteiger partial charge is 0.434 e. The lowest BCUT2D eigenvalue weighted by atomic mass is 10.2. The van der Waals surface area contributed by atoms with Crippen LogP contribution in [0, 0.1) is 0 Å². The number of benzene rings is 1. The number of ether oxygens (including phenoxy) is 1. The summed E-state index contributed by atoms with van der Waals surface area (Å²) < 4.78 is 5.09. The van der Waals surface area contributed by atoms with Crippen molar-refractivity contribution in [2.24, 2.45) is 10.1 Å². The number of aliphatic imine (C=N–C) groups is 1. The van der Waals surface area contributed by atoms with Gasteiger partial charge in [0.05, 0.1) is 11.4 Å². The van der Waals surface area contributed by atoms with Crippen molar-refractivity contribution < 1.29 is 14.3 Å².